The number of rotatable bonds is 1. The Balaban J connectivity index is 2.79. The van der Waals surface area contributed by atoms with E-state index in [1.54, 1.807) is 0 Å². The number of nitrogens with one attached hydrogen (secondary N) is 1. The molecule has 0 bridgehead atoms. The molecular weight excluding hydrogens is 349 g/mol. The van der Waals surface area contributed by atoms with Gasteiger partial charge in [0.2, 0.25) is 0 Å². The molecule has 1 N–H and O–H groups in total. The van der Waals surface area contributed by atoms with E-state index in [0.717, 1.165) is 0 Å². The minimum Gasteiger partial charge on any atom is -0.335 e. The molecule has 0 aliphatic rings. The molecule has 0 atom stereocenters. The lowest BCUT2D eigenvalue weighted by Gasteiger charge is -2.16. The van der Waals surface area contributed by atoms with Crippen LogP contribution in [0.15, 0.2) is 0 Å². The van der Waals surface area contributed by atoms with Crippen molar-refractivity contribution >= 4 is 45.8 Å². The van der Waals surface area contributed by atoms with Gasteiger partial charge in [-0.05, 0) is 12.5 Å². The average Bonchev–Trinajstić information content (AvgIpc) is 2.78. The Labute approximate surface area is 123 Å². The van der Waals surface area contributed by atoms with Gasteiger partial charge in [-0.25, -0.2) is 4.98 Å². The quantitative estimate of drug-likeness (QED) is 0.533. The first-order valence-electron chi connectivity index (χ1n) is 4.96. The van der Waals surface area contributed by atoms with Crippen LogP contribution < -0.4 is 0 Å². The number of nitrogens with zero attached hydrogens (tertiary/aromatic N) is 1. The highest BCUT2D eigenvalue weighted by Gasteiger charge is 2.61. The molecule has 0 spiro atoms. The van der Waals surface area contributed by atoms with Gasteiger partial charge in [-0.3, -0.25) is 0 Å². The van der Waals surface area contributed by atoms with Crippen molar-refractivity contribution in [1.82, 2.24) is 9.97 Å². The number of imidazole rings is 1. The van der Waals surface area contributed by atoms with E-state index in [4.69, 9.17) is 34.8 Å². The maximum absolute atomic E-state index is 13.2. The van der Waals surface area contributed by atoms with E-state index >= 15 is 0 Å². The Kier molecular flexibility index (Phi) is 3.59. The van der Waals surface area contributed by atoms with Gasteiger partial charge in [-0.2, -0.15) is 22.0 Å². The molecule has 1 aromatic carbocycles. The van der Waals surface area contributed by atoms with Crippen LogP contribution in [-0.2, 0) is 5.92 Å². The van der Waals surface area contributed by atoms with Gasteiger partial charge in [0.15, 0.2) is 5.82 Å². The summed E-state index contributed by atoms with van der Waals surface area (Å²) in [5, 5.41) is -0.423. The molecule has 0 unspecified atom stereocenters. The lowest BCUT2D eigenvalue weighted by Crippen LogP contribution is -2.34. The van der Waals surface area contributed by atoms with Gasteiger partial charge in [0.1, 0.15) is 5.52 Å². The minimum absolute atomic E-state index is 0.0578. The Morgan fingerprint density at radius 1 is 0.950 bits per heavy atom. The van der Waals surface area contributed by atoms with Gasteiger partial charge in [-0.15, -0.1) is 0 Å². The third-order valence-corrected chi connectivity index (χ3v) is 4.05. The first-order chi connectivity index (χ1) is 8.98. The molecule has 0 aliphatic carbocycles. The van der Waals surface area contributed by atoms with Crippen molar-refractivity contribution < 1.29 is 22.0 Å². The number of fused-ring (bicyclic) bond motifs is 1. The summed E-state index contributed by atoms with van der Waals surface area (Å²) in [6, 6.07) is 0. The number of hydrogen-bond donors (Lipinski definition) is 1. The van der Waals surface area contributed by atoms with E-state index in [2.05, 4.69) is 4.98 Å². The van der Waals surface area contributed by atoms with Crippen LogP contribution in [0, 0.1) is 6.92 Å². The molecule has 0 radical (unpaired) electrons. The Morgan fingerprint density at radius 2 is 1.50 bits per heavy atom. The monoisotopic (exact) mass is 352 g/mol. The molecule has 110 valence electrons. The summed E-state index contributed by atoms with van der Waals surface area (Å²) in [6.07, 6.45) is -5.79. The summed E-state index contributed by atoms with van der Waals surface area (Å²) < 4.78 is 63.4. The third-order valence-electron chi connectivity index (χ3n) is 2.64. The van der Waals surface area contributed by atoms with Crippen LogP contribution in [0.4, 0.5) is 22.0 Å². The van der Waals surface area contributed by atoms with Crippen LogP contribution in [0.2, 0.25) is 15.1 Å². The highest BCUT2D eigenvalue weighted by atomic mass is 35.5. The highest BCUT2D eigenvalue weighted by Crippen LogP contribution is 2.45. The molecule has 10 heteroatoms. The molecule has 1 heterocycles. The fourth-order valence-corrected chi connectivity index (χ4v) is 2.27. The zero-order valence-electron chi connectivity index (χ0n) is 9.47. The number of H-pyrrole nitrogens is 1. The SMILES string of the molecule is Cc1c(Cl)c(Cl)c2nc(C(F)(F)C(F)(F)F)[nH]c2c1Cl. The van der Waals surface area contributed by atoms with Crippen molar-refractivity contribution in [3.8, 4) is 0 Å². The van der Waals surface area contributed by atoms with E-state index in [0.29, 0.717) is 0 Å². The topological polar surface area (TPSA) is 28.7 Å². The molecule has 1 aromatic heterocycles. The summed E-state index contributed by atoms with van der Waals surface area (Å²) in [6.45, 7) is 1.44. The van der Waals surface area contributed by atoms with Crippen LogP contribution in [0.25, 0.3) is 11.0 Å². The van der Waals surface area contributed by atoms with E-state index in [-0.39, 0.29) is 31.7 Å². The fraction of sp³-hybridized carbons (Fsp3) is 0.300. The van der Waals surface area contributed by atoms with E-state index < -0.39 is 17.9 Å². The van der Waals surface area contributed by atoms with Crippen molar-refractivity contribution in [1.29, 1.82) is 0 Å². The zero-order chi connectivity index (χ0) is 15.5. The number of benzene rings is 1. The second-order valence-corrected chi connectivity index (χ2v) is 5.08. The number of hydrogen-bond acceptors (Lipinski definition) is 1. The Bertz CT molecular complexity index is 647. The summed E-state index contributed by atoms with van der Waals surface area (Å²) in [5.74, 6) is -6.75. The normalized spacial score (nSPS) is 13.2. The third kappa shape index (κ3) is 2.12. The van der Waals surface area contributed by atoms with Crippen molar-refractivity contribution in [2.75, 3.05) is 0 Å². The van der Waals surface area contributed by atoms with Crippen molar-refractivity contribution in [3.63, 3.8) is 0 Å². The van der Waals surface area contributed by atoms with Gasteiger partial charge in [0.05, 0.1) is 20.6 Å². The molecule has 0 fully saturated rings. The summed E-state index contributed by atoms with van der Waals surface area (Å²) in [4.78, 5) is 5.05. The highest BCUT2D eigenvalue weighted by molar-refractivity contribution is 6.48. The van der Waals surface area contributed by atoms with Crippen LogP contribution >= 0.6 is 34.8 Å². The number of aromatic amines is 1. The molecule has 2 aromatic rings. The Morgan fingerprint density at radius 3 is 2.00 bits per heavy atom. The largest absolute Gasteiger partial charge is 0.461 e. The van der Waals surface area contributed by atoms with Crippen LogP contribution in [0.5, 0.6) is 0 Å². The number of alkyl halides is 5. The van der Waals surface area contributed by atoms with Gasteiger partial charge in [-0.1, -0.05) is 34.8 Å². The van der Waals surface area contributed by atoms with Gasteiger partial charge in [0.25, 0.3) is 0 Å². The summed E-state index contributed by atoms with van der Waals surface area (Å²) >= 11 is 17.4. The van der Waals surface area contributed by atoms with E-state index in [1.807, 2.05) is 4.98 Å². The predicted octanol–water partition coefficient (Wildman–Crippen LogP) is 5.49. The molecule has 0 amide bonds. The zero-order valence-corrected chi connectivity index (χ0v) is 11.7. The molecule has 0 saturated carbocycles. The first kappa shape index (κ1) is 15.6. The minimum atomic E-state index is -5.79. The molecule has 2 rings (SSSR count). The molecule has 20 heavy (non-hydrogen) atoms. The van der Waals surface area contributed by atoms with Crippen molar-refractivity contribution in [2.24, 2.45) is 0 Å². The fourth-order valence-electron chi connectivity index (χ4n) is 1.53. The van der Waals surface area contributed by atoms with Gasteiger partial charge >= 0.3 is 12.1 Å². The predicted molar refractivity (Wildman–Crippen MR) is 65.8 cm³/mol. The maximum atomic E-state index is 13.2. The van der Waals surface area contributed by atoms with Crippen LogP contribution in [0.3, 0.4) is 0 Å². The molecular formula is C10H4Cl3F5N2. The summed E-state index contributed by atoms with van der Waals surface area (Å²) in [7, 11) is 0. The smallest absolute Gasteiger partial charge is 0.335 e. The first-order valence-corrected chi connectivity index (χ1v) is 6.09. The van der Waals surface area contributed by atoms with Gasteiger partial charge < -0.3 is 4.98 Å². The Hall–Kier alpha value is -0.790. The van der Waals surface area contributed by atoms with Crippen molar-refractivity contribution in [2.45, 2.75) is 19.0 Å². The van der Waals surface area contributed by atoms with E-state index in [1.165, 1.54) is 6.92 Å². The van der Waals surface area contributed by atoms with Crippen molar-refractivity contribution in [3.05, 3.63) is 26.5 Å². The average molecular weight is 354 g/mol. The second kappa shape index (κ2) is 4.61. The number of halogens is 8. The van der Waals surface area contributed by atoms with Gasteiger partial charge in [0, 0.05) is 0 Å². The standard InChI is InChI=1S/C10H4Cl3F5N2/c1-2-3(11)5(13)7-6(4(2)12)19-8(20-7)9(14,15)10(16,17)18/h1H3,(H,19,20). The maximum Gasteiger partial charge on any atom is 0.461 e. The second-order valence-electron chi connectivity index (χ2n) is 3.95. The van der Waals surface area contributed by atoms with Crippen LogP contribution in [0.1, 0.15) is 11.4 Å². The molecule has 0 saturated heterocycles. The van der Waals surface area contributed by atoms with Crippen LogP contribution in [-0.4, -0.2) is 16.1 Å². The summed E-state index contributed by atoms with van der Waals surface area (Å²) in [5.41, 5.74) is -0.319. The molecule has 0 aliphatic heterocycles. The van der Waals surface area contributed by atoms with E-state index in [9.17, 15) is 22.0 Å². The lowest BCUT2D eigenvalue weighted by molar-refractivity contribution is -0.292. The lowest BCUT2D eigenvalue weighted by atomic mass is 10.2. The molecule has 2 nitrogen and oxygen atoms in total. The number of aromatic nitrogens is 2.